The highest BCUT2D eigenvalue weighted by molar-refractivity contribution is 7.89. The van der Waals surface area contributed by atoms with E-state index in [4.69, 9.17) is 19.8 Å². The number of anilines is 2. The quantitative estimate of drug-likeness (QED) is 0.114. The van der Waals surface area contributed by atoms with Crippen molar-refractivity contribution < 1.29 is 26.3 Å². The number of nitrogens with zero attached hydrogens (tertiary/aromatic N) is 7. The van der Waals surface area contributed by atoms with Crippen molar-refractivity contribution in [3.05, 3.63) is 115 Å². The molecule has 0 bridgehead atoms. The van der Waals surface area contributed by atoms with Crippen molar-refractivity contribution in [2.75, 3.05) is 37.9 Å². The van der Waals surface area contributed by atoms with Gasteiger partial charge >= 0.3 is 0 Å². The minimum atomic E-state index is -3.68. The Morgan fingerprint density at radius 2 is 1.14 bits per heavy atom. The third-order valence-corrected chi connectivity index (χ3v) is 12.3. The summed E-state index contributed by atoms with van der Waals surface area (Å²) in [5.74, 6) is 1.29. The largest absolute Gasteiger partial charge is 0.493 e. The molecule has 0 aliphatic heterocycles. The Kier molecular flexibility index (Phi) is 12.0. The number of sulfonamides is 2. The second-order valence-electron chi connectivity index (χ2n) is 12.5. The van der Waals surface area contributed by atoms with Crippen LogP contribution in [-0.4, -0.2) is 78.3 Å². The number of benzene rings is 3. The minimum absolute atomic E-state index is 0.105. The molecule has 0 spiro atoms. The number of primary sulfonamides is 2. The van der Waals surface area contributed by atoms with Crippen LogP contribution < -0.4 is 30.4 Å². The van der Waals surface area contributed by atoms with Gasteiger partial charge in [0.2, 0.25) is 40.2 Å². The number of nitrogens with two attached hydrogens (primary N) is 2. The molecule has 21 heteroatoms. The molecular formula is C37H37N11O6S4. The summed E-state index contributed by atoms with van der Waals surface area (Å²) in [4.78, 5) is 14.8. The molecule has 3 aromatic carbocycles. The van der Waals surface area contributed by atoms with E-state index in [1.165, 1.54) is 46.9 Å². The van der Waals surface area contributed by atoms with Crippen LogP contribution in [0.5, 0.6) is 11.5 Å². The number of hydrogen-bond acceptors (Lipinski definition) is 15. The zero-order valence-corrected chi connectivity index (χ0v) is 34.3. The van der Waals surface area contributed by atoms with Gasteiger partial charge in [-0.25, -0.2) is 46.1 Å². The SMILES string of the molecule is COc1ccc(-c2cnc3sc(NCCc4ccc(S(N)(=O)=O)cc4)nn23)cc1OC.NS(=O)(=O)c1ccc(CCNc2nn3c(-c4cccnc4)cnc3s2)cc1. The fourth-order valence-electron chi connectivity index (χ4n) is 5.75. The molecular weight excluding hydrogens is 823 g/mol. The van der Waals surface area contributed by atoms with Gasteiger partial charge in [0.05, 0.1) is 47.8 Å². The second kappa shape index (κ2) is 17.3. The summed E-state index contributed by atoms with van der Waals surface area (Å²) in [6, 6.07) is 22.6. The summed E-state index contributed by atoms with van der Waals surface area (Å²) >= 11 is 2.92. The molecule has 8 rings (SSSR count). The summed E-state index contributed by atoms with van der Waals surface area (Å²) in [6.07, 6.45) is 8.49. The number of hydrogen-bond donors (Lipinski definition) is 4. The van der Waals surface area contributed by atoms with Gasteiger partial charge in [-0.1, -0.05) is 46.9 Å². The molecule has 6 N–H and O–H groups in total. The zero-order valence-electron chi connectivity index (χ0n) is 31.0. The molecule has 0 radical (unpaired) electrons. The van der Waals surface area contributed by atoms with Crippen LogP contribution in [0.3, 0.4) is 0 Å². The van der Waals surface area contributed by atoms with E-state index in [1.54, 1.807) is 72.3 Å². The lowest BCUT2D eigenvalue weighted by Gasteiger charge is -2.08. The standard InChI is InChI=1S/C20H21N5O4S2.C17H16N6O2S2/c1-28-17-8-5-14(11-18(17)29-2)16-12-23-20-25(16)24-19(30-20)22-10-9-13-3-6-15(7-4-13)31(21,26)27;18-27(24,25)14-5-3-12(4-6-14)7-9-20-16-22-23-15(11-21-17(23)26-16)13-2-1-8-19-10-13/h3-8,11-12H,9-10H2,1-2H3,(H,22,24)(H2,21,26,27);1-6,8,10-11H,7,9H2,(H,20,22)(H2,18,24,25). The summed E-state index contributed by atoms with van der Waals surface area (Å²) < 4.78 is 59.5. The van der Waals surface area contributed by atoms with E-state index in [2.05, 4.69) is 35.8 Å². The van der Waals surface area contributed by atoms with E-state index in [-0.39, 0.29) is 9.79 Å². The Morgan fingerprint density at radius 3 is 1.59 bits per heavy atom. The van der Waals surface area contributed by atoms with Crippen molar-refractivity contribution in [3.63, 3.8) is 0 Å². The highest BCUT2D eigenvalue weighted by atomic mass is 32.2. The van der Waals surface area contributed by atoms with Crippen LogP contribution in [0.2, 0.25) is 0 Å². The number of aromatic nitrogens is 7. The van der Waals surface area contributed by atoms with E-state index < -0.39 is 20.0 Å². The predicted octanol–water partition coefficient (Wildman–Crippen LogP) is 4.93. The predicted molar refractivity (Wildman–Crippen MR) is 224 cm³/mol. The molecule has 5 heterocycles. The Hall–Kier alpha value is -5.97. The van der Waals surface area contributed by atoms with Gasteiger partial charge in [-0.2, -0.15) is 0 Å². The van der Waals surface area contributed by atoms with Crippen molar-refractivity contribution in [2.24, 2.45) is 10.3 Å². The van der Waals surface area contributed by atoms with Gasteiger partial charge < -0.3 is 20.1 Å². The lowest BCUT2D eigenvalue weighted by atomic mass is 10.1. The van der Waals surface area contributed by atoms with E-state index in [0.29, 0.717) is 31.0 Å². The van der Waals surface area contributed by atoms with Gasteiger partial charge in [0, 0.05) is 36.6 Å². The molecule has 300 valence electrons. The van der Waals surface area contributed by atoms with Gasteiger partial charge in [0.1, 0.15) is 0 Å². The first kappa shape index (κ1) is 40.2. The average Bonchev–Trinajstić information content (AvgIpc) is 4.00. The van der Waals surface area contributed by atoms with Crippen LogP contribution in [0.1, 0.15) is 11.1 Å². The molecule has 0 fully saturated rings. The van der Waals surface area contributed by atoms with E-state index >= 15 is 0 Å². The summed E-state index contributed by atoms with van der Waals surface area (Å²) in [7, 11) is -4.14. The average molecular weight is 860 g/mol. The lowest BCUT2D eigenvalue weighted by Crippen LogP contribution is -2.12. The maximum absolute atomic E-state index is 11.3. The third kappa shape index (κ3) is 9.41. The van der Waals surface area contributed by atoms with Crippen LogP contribution >= 0.6 is 22.7 Å². The van der Waals surface area contributed by atoms with Crippen molar-refractivity contribution in [2.45, 2.75) is 22.6 Å². The van der Waals surface area contributed by atoms with Crippen molar-refractivity contribution in [3.8, 4) is 34.0 Å². The number of ether oxygens (including phenoxy) is 2. The molecule has 0 aliphatic rings. The topological polar surface area (TPSA) is 236 Å². The number of rotatable bonds is 14. The number of pyridine rings is 1. The monoisotopic (exact) mass is 859 g/mol. The first-order chi connectivity index (χ1) is 27.9. The Labute approximate surface area is 341 Å². The van der Waals surface area contributed by atoms with Crippen LogP contribution in [-0.2, 0) is 32.9 Å². The van der Waals surface area contributed by atoms with Gasteiger partial charge in [-0.05, 0) is 78.6 Å². The van der Waals surface area contributed by atoms with Crippen molar-refractivity contribution in [1.82, 2.24) is 34.2 Å². The summed E-state index contributed by atoms with van der Waals surface area (Å²) in [5, 5.41) is 27.5. The maximum Gasteiger partial charge on any atom is 0.238 e. The molecule has 0 saturated heterocycles. The molecule has 58 heavy (non-hydrogen) atoms. The molecule has 5 aromatic heterocycles. The fourth-order valence-corrected chi connectivity index (χ4v) is 8.38. The van der Waals surface area contributed by atoms with E-state index in [1.807, 2.05) is 30.3 Å². The number of nitrogens with one attached hydrogen (secondary N) is 2. The molecule has 0 unspecified atom stereocenters. The Morgan fingerprint density at radius 1 is 0.638 bits per heavy atom. The summed E-state index contributed by atoms with van der Waals surface area (Å²) in [6.45, 7) is 1.30. The van der Waals surface area contributed by atoms with Crippen molar-refractivity contribution in [1.29, 1.82) is 0 Å². The zero-order chi connectivity index (χ0) is 40.9. The minimum Gasteiger partial charge on any atom is -0.493 e. The number of methoxy groups -OCH3 is 2. The number of imidazole rings is 2. The highest BCUT2D eigenvalue weighted by Crippen LogP contribution is 2.33. The first-order valence-electron chi connectivity index (χ1n) is 17.4. The molecule has 8 aromatic rings. The maximum atomic E-state index is 11.3. The molecule has 0 aliphatic carbocycles. The smallest absolute Gasteiger partial charge is 0.238 e. The second-order valence-corrected chi connectivity index (χ2v) is 17.6. The van der Waals surface area contributed by atoms with Crippen LogP contribution in [0.4, 0.5) is 10.3 Å². The first-order valence-corrected chi connectivity index (χ1v) is 22.2. The van der Waals surface area contributed by atoms with Crippen LogP contribution in [0.25, 0.3) is 32.4 Å². The van der Waals surface area contributed by atoms with Crippen molar-refractivity contribution >= 4 is 62.9 Å². The summed E-state index contributed by atoms with van der Waals surface area (Å²) in [5.41, 5.74) is 5.60. The van der Waals surface area contributed by atoms with E-state index in [9.17, 15) is 16.8 Å². The molecule has 0 amide bonds. The Balaban J connectivity index is 0.000000178. The normalized spacial score (nSPS) is 11.7. The lowest BCUT2D eigenvalue weighted by molar-refractivity contribution is 0.355. The van der Waals surface area contributed by atoms with E-state index in [0.717, 1.165) is 60.2 Å². The highest BCUT2D eigenvalue weighted by Gasteiger charge is 2.15. The van der Waals surface area contributed by atoms with Gasteiger partial charge in [0.15, 0.2) is 11.5 Å². The van der Waals surface area contributed by atoms with Gasteiger partial charge in [0.25, 0.3) is 0 Å². The third-order valence-electron chi connectivity index (χ3n) is 8.69. The fraction of sp³-hybridized carbons (Fsp3) is 0.162. The molecule has 0 saturated carbocycles. The number of fused-ring (bicyclic) bond motifs is 2. The van der Waals surface area contributed by atoms with Crippen LogP contribution in [0.15, 0.2) is 113 Å². The Bertz CT molecular complexity index is 2880. The molecule has 0 atom stereocenters. The van der Waals surface area contributed by atoms with Gasteiger partial charge in [-0.15, -0.1) is 10.2 Å². The molecule has 17 nitrogen and oxygen atoms in total. The van der Waals surface area contributed by atoms with Crippen LogP contribution in [0, 0.1) is 0 Å². The van der Waals surface area contributed by atoms with Gasteiger partial charge in [-0.3, -0.25) is 4.98 Å².